The average Bonchev–Trinajstić information content (AvgIpc) is 3.16. The molecule has 0 spiro atoms. The van der Waals surface area contributed by atoms with Gasteiger partial charge in [0.2, 0.25) is 21.8 Å². The first-order chi connectivity index (χ1) is 17.1. The van der Waals surface area contributed by atoms with Crippen LogP contribution in [0.4, 0.5) is 18.9 Å². The van der Waals surface area contributed by atoms with Crippen LogP contribution in [0.5, 0.6) is 0 Å². The summed E-state index contributed by atoms with van der Waals surface area (Å²) in [6.07, 6.45) is 0.246. The molecule has 2 aromatic carbocycles. The molecule has 0 aromatic heterocycles. The van der Waals surface area contributed by atoms with E-state index in [0.717, 1.165) is 22.5 Å². The highest BCUT2D eigenvalue weighted by atomic mass is 32.2. The summed E-state index contributed by atoms with van der Waals surface area (Å²) in [7, 11) is -4.30. The predicted molar refractivity (Wildman–Crippen MR) is 120 cm³/mol. The molecule has 2 fully saturated rings. The van der Waals surface area contributed by atoms with E-state index in [1.807, 2.05) is 0 Å². The van der Waals surface area contributed by atoms with Crippen molar-refractivity contribution in [2.75, 3.05) is 31.1 Å². The van der Waals surface area contributed by atoms with Crippen molar-refractivity contribution < 1.29 is 36.0 Å². The van der Waals surface area contributed by atoms with E-state index in [2.05, 4.69) is 5.32 Å². The van der Waals surface area contributed by atoms with Crippen LogP contribution in [0.2, 0.25) is 0 Å². The summed E-state index contributed by atoms with van der Waals surface area (Å²) < 4.78 is 69.0. The number of benzene rings is 2. The number of imide groups is 1. The fraction of sp³-hybridized carbons (Fsp3) is 0.348. The average molecular weight is 523 g/mol. The zero-order chi connectivity index (χ0) is 25.8. The maximum atomic E-state index is 14.5. The van der Waals surface area contributed by atoms with Crippen LogP contribution in [0, 0.1) is 17.5 Å². The molecule has 36 heavy (non-hydrogen) atoms. The predicted octanol–water partition coefficient (Wildman–Crippen LogP) is 1.38. The van der Waals surface area contributed by atoms with Gasteiger partial charge < -0.3 is 9.80 Å². The summed E-state index contributed by atoms with van der Waals surface area (Å²) in [5.74, 6) is -4.14. The molecule has 1 N–H and O–H groups in total. The lowest BCUT2D eigenvalue weighted by Crippen LogP contribution is -2.52. The molecule has 9 nitrogen and oxygen atoms in total. The van der Waals surface area contributed by atoms with Crippen LogP contribution in [0.15, 0.2) is 35.2 Å². The lowest BCUT2D eigenvalue weighted by atomic mass is 10.0. The number of hydrogen-bond donors (Lipinski definition) is 1. The van der Waals surface area contributed by atoms with Gasteiger partial charge in [-0.2, -0.15) is 4.31 Å². The van der Waals surface area contributed by atoms with Gasteiger partial charge in [-0.15, -0.1) is 0 Å². The Bertz CT molecular complexity index is 1390. The SMILES string of the molecule is O=C1CCC(N2Cc3c(cc(F)cc3N3CCN(S(=O)(=O)c4cc(F)ccc4F)CC3)C2=O)C(=O)N1. The van der Waals surface area contributed by atoms with Gasteiger partial charge in [0.25, 0.3) is 5.91 Å². The van der Waals surface area contributed by atoms with Gasteiger partial charge in [0.1, 0.15) is 28.4 Å². The van der Waals surface area contributed by atoms with Gasteiger partial charge in [0.15, 0.2) is 0 Å². The van der Waals surface area contributed by atoms with Gasteiger partial charge in [0, 0.05) is 56.0 Å². The highest BCUT2D eigenvalue weighted by Gasteiger charge is 2.41. The fourth-order valence-corrected chi connectivity index (χ4v) is 6.37. The number of amides is 3. The van der Waals surface area contributed by atoms with E-state index in [-0.39, 0.29) is 51.1 Å². The summed E-state index contributed by atoms with van der Waals surface area (Å²) in [5.41, 5.74) is 0.993. The molecule has 0 saturated carbocycles. The van der Waals surface area contributed by atoms with Crippen molar-refractivity contribution in [3.63, 3.8) is 0 Å². The number of anilines is 1. The summed E-state index contributed by atoms with van der Waals surface area (Å²) >= 11 is 0. The van der Waals surface area contributed by atoms with Crippen LogP contribution in [0.1, 0.15) is 28.8 Å². The number of rotatable bonds is 4. The topological polar surface area (TPSA) is 107 Å². The number of halogens is 3. The zero-order valence-electron chi connectivity index (χ0n) is 18.8. The lowest BCUT2D eigenvalue weighted by molar-refractivity contribution is -0.136. The van der Waals surface area contributed by atoms with Gasteiger partial charge in [0.05, 0.1) is 0 Å². The number of nitrogens with zero attached hydrogens (tertiary/aromatic N) is 3. The van der Waals surface area contributed by atoms with E-state index in [4.69, 9.17) is 0 Å². The van der Waals surface area contributed by atoms with E-state index < -0.39 is 56.1 Å². The van der Waals surface area contributed by atoms with Crippen molar-refractivity contribution in [2.24, 2.45) is 0 Å². The Morgan fingerprint density at radius 2 is 1.64 bits per heavy atom. The van der Waals surface area contributed by atoms with Gasteiger partial charge >= 0.3 is 0 Å². The molecule has 13 heteroatoms. The van der Waals surface area contributed by atoms with E-state index in [1.54, 1.807) is 4.90 Å². The molecule has 1 atom stereocenters. The Morgan fingerprint density at radius 1 is 0.917 bits per heavy atom. The van der Waals surface area contributed by atoms with E-state index in [9.17, 15) is 36.0 Å². The van der Waals surface area contributed by atoms with Crippen LogP contribution in [0.25, 0.3) is 0 Å². The summed E-state index contributed by atoms with van der Waals surface area (Å²) in [6.45, 7) is 0.100. The third kappa shape index (κ3) is 4.11. The maximum Gasteiger partial charge on any atom is 0.255 e. The Morgan fingerprint density at radius 3 is 2.33 bits per heavy atom. The van der Waals surface area contributed by atoms with Crippen LogP contribution in [0.3, 0.4) is 0 Å². The third-order valence-electron chi connectivity index (χ3n) is 6.69. The summed E-state index contributed by atoms with van der Waals surface area (Å²) in [5, 5.41) is 2.21. The van der Waals surface area contributed by atoms with Crippen molar-refractivity contribution in [1.29, 1.82) is 0 Å². The molecule has 2 saturated heterocycles. The first-order valence-electron chi connectivity index (χ1n) is 11.2. The van der Waals surface area contributed by atoms with Crippen LogP contribution in [-0.4, -0.2) is 67.6 Å². The Balaban J connectivity index is 1.37. The molecule has 3 aliphatic heterocycles. The van der Waals surface area contributed by atoms with E-state index in [0.29, 0.717) is 17.3 Å². The van der Waals surface area contributed by atoms with Gasteiger partial charge in [-0.1, -0.05) is 0 Å². The minimum atomic E-state index is -4.30. The number of sulfonamides is 1. The van der Waals surface area contributed by atoms with Gasteiger partial charge in [-0.05, 0) is 36.8 Å². The number of piperidine rings is 1. The first-order valence-corrected chi connectivity index (χ1v) is 12.7. The van der Waals surface area contributed by atoms with E-state index in [1.165, 1.54) is 11.0 Å². The van der Waals surface area contributed by atoms with Crippen molar-refractivity contribution in [3.8, 4) is 0 Å². The Hall–Kier alpha value is -3.45. The van der Waals surface area contributed by atoms with Crippen molar-refractivity contribution in [3.05, 3.63) is 58.9 Å². The number of nitrogens with one attached hydrogen (secondary N) is 1. The minimum absolute atomic E-state index is 0.0308. The lowest BCUT2D eigenvalue weighted by Gasteiger charge is -2.36. The smallest absolute Gasteiger partial charge is 0.255 e. The molecule has 3 heterocycles. The van der Waals surface area contributed by atoms with Crippen LogP contribution < -0.4 is 10.2 Å². The number of hydrogen-bond acceptors (Lipinski definition) is 6. The van der Waals surface area contributed by atoms with Crippen molar-refractivity contribution >= 4 is 33.4 Å². The second kappa shape index (κ2) is 8.89. The maximum absolute atomic E-state index is 14.5. The summed E-state index contributed by atoms with van der Waals surface area (Å²) in [4.78, 5) is 39.1. The highest BCUT2D eigenvalue weighted by Crippen LogP contribution is 2.36. The molecular weight excluding hydrogens is 501 g/mol. The molecule has 0 radical (unpaired) electrons. The molecule has 0 aliphatic carbocycles. The standard InChI is InChI=1S/C23H21F3N4O5S/c24-13-1-2-17(26)20(11-13)36(34,35)29-7-5-28(6-8-29)19-10-14(25)9-15-16(19)12-30(23(15)33)18-3-4-21(31)27-22(18)32/h1-2,9-11,18H,3-8,12H2,(H,27,31,32). The summed E-state index contributed by atoms with van der Waals surface area (Å²) in [6, 6.07) is 3.69. The fourth-order valence-electron chi connectivity index (χ4n) is 4.87. The number of fused-ring (bicyclic) bond motifs is 1. The number of carbonyl (C=O) groups excluding carboxylic acids is 3. The zero-order valence-corrected chi connectivity index (χ0v) is 19.7. The van der Waals surface area contributed by atoms with Crippen LogP contribution in [-0.2, 0) is 26.2 Å². The molecule has 1 unspecified atom stereocenters. The van der Waals surface area contributed by atoms with Crippen molar-refractivity contribution in [1.82, 2.24) is 14.5 Å². The quantitative estimate of drug-likeness (QED) is 0.608. The Labute approximate surface area is 204 Å². The largest absolute Gasteiger partial charge is 0.369 e. The number of carbonyl (C=O) groups is 3. The second-order valence-corrected chi connectivity index (χ2v) is 10.7. The normalized spacial score (nSPS) is 21.1. The number of piperazine rings is 1. The van der Waals surface area contributed by atoms with Crippen molar-refractivity contribution in [2.45, 2.75) is 30.3 Å². The van der Waals surface area contributed by atoms with Gasteiger partial charge in [-0.3, -0.25) is 19.7 Å². The highest BCUT2D eigenvalue weighted by molar-refractivity contribution is 7.89. The minimum Gasteiger partial charge on any atom is -0.369 e. The molecule has 5 rings (SSSR count). The second-order valence-electron chi connectivity index (χ2n) is 8.82. The monoisotopic (exact) mass is 522 g/mol. The van der Waals surface area contributed by atoms with Crippen LogP contribution >= 0.6 is 0 Å². The molecule has 0 bridgehead atoms. The molecular formula is C23H21F3N4O5S. The molecule has 190 valence electrons. The third-order valence-corrected chi connectivity index (χ3v) is 8.60. The Kier molecular flexibility index (Phi) is 5.99. The molecule has 3 aliphatic rings. The van der Waals surface area contributed by atoms with E-state index >= 15 is 0 Å². The molecule has 3 amide bonds. The first kappa shape index (κ1) is 24.3. The molecule has 2 aromatic rings. The van der Waals surface area contributed by atoms with Gasteiger partial charge in [-0.25, -0.2) is 21.6 Å².